The van der Waals surface area contributed by atoms with Gasteiger partial charge in [0.05, 0.1) is 10.5 Å². The molecular formula is C21H16FIN2O5S. The van der Waals surface area contributed by atoms with Crippen molar-refractivity contribution in [3.05, 3.63) is 87.7 Å². The van der Waals surface area contributed by atoms with Crippen molar-refractivity contribution >= 4 is 55.9 Å². The highest BCUT2D eigenvalue weighted by Gasteiger charge is 2.18. The maximum atomic E-state index is 13.0. The van der Waals surface area contributed by atoms with Gasteiger partial charge in [0.2, 0.25) is 0 Å². The van der Waals surface area contributed by atoms with Crippen LogP contribution in [0.5, 0.6) is 0 Å². The zero-order chi connectivity index (χ0) is 22.4. The molecule has 0 aliphatic carbocycles. The van der Waals surface area contributed by atoms with E-state index >= 15 is 0 Å². The summed E-state index contributed by atoms with van der Waals surface area (Å²) in [5.74, 6) is -1.88. The van der Waals surface area contributed by atoms with E-state index in [9.17, 15) is 22.4 Å². The van der Waals surface area contributed by atoms with E-state index in [2.05, 4.69) is 32.6 Å². The highest BCUT2D eigenvalue weighted by Crippen LogP contribution is 2.18. The van der Waals surface area contributed by atoms with Gasteiger partial charge in [0.25, 0.3) is 15.9 Å². The van der Waals surface area contributed by atoms with E-state index in [1.165, 1.54) is 30.3 Å². The molecule has 2 N–H and O–H groups in total. The van der Waals surface area contributed by atoms with Gasteiger partial charge in [-0.25, -0.2) is 17.6 Å². The molecule has 0 fully saturated rings. The number of nitrogens with one attached hydrogen (secondary N) is 2. The van der Waals surface area contributed by atoms with Gasteiger partial charge in [0.1, 0.15) is 5.82 Å². The average molecular weight is 554 g/mol. The highest BCUT2D eigenvalue weighted by atomic mass is 127. The lowest BCUT2D eigenvalue weighted by molar-refractivity contribution is -0.119. The van der Waals surface area contributed by atoms with Crippen LogP contribution in [0.25, 0.3) is 0 Å². The predicted octanol–water partition coefficient (Wildman–Crippen LogP) is 4.03. The van der Waals surface area contributed by atoms with Gasteiger partial charge in [0.15, 0.2) is 6.61 Å². The van der Waals surface area contributed by atoms with Gasteiger partial charge in [-0.05, 0) is 89.3 Å². The van der Waals surface area contributed by atoms with Crippen LogP contribution >= 0.6 is 22.6 Å². The van der Waals surface area contributed by atoms with Crippen LogP contribution in [0.2, 0.25) is 0 Å². The molecule has 0 unspecified atom stereocenters. The van der Waals surface area contributed by atoms with E-state index in [0.29, 0.717) is 5.69 Å². The molecule has 0 spiro atoms. The Balaban J connectivity index is 1.63. The number of benzene rings is 3. The van der Waals surface area contributed by atoms with Crippen molar-refractivity contribution in [2.24, 2.45) is 0 Å². The number of anilines is 2. The smallest absolute Gasteiger partial charge is 0.338 e. The maximum Gasteiger partial charge on any atom is 0.338 e. The first-order valence-electron chi connectivity index (χ1n) is 8.84. The molecule has 160 valence electrons. The Morgan fingerprint density at radius 3 is 2.26 bits per heavy atom. The fraction of sp³-hybridized carbons (Fsp3) is 0.0476. The van der Waals surface area contributed by atoms with Gasteiger partial charge in [-0.2, -0.15) is 0 Å². The third-order valence-corrected chi connectivity index (χ3v) is 6.04. The third-order valence-electron chi connectivity index (χ3n) is 3.94. The first kappa shape index (κ1) is 22.7. The van der Waals surface area contributed by atoms with E-state index < -0.39 is 34.3 Å². The summed E-state index contributed by atoms with van der Waals surface area (Å²) in [5.41, 5.74) is 0.687. The van der Waals surface area contributed by atoms with E-state index in [-0.39, 0.29) is 16.1 Å². The zero-order valence-corrected chi connectivity index (χ0v) is 18.8. The number of carbonyl (C=O) groups is 2. The van der Waals surface area contributed by atoms with Gasteiger partial charge >= 0.3 is 5.97 Å². The molecule has 3 aromatic carbocycles. The zero-order valence-electron chi connectivity index (χ0n) is 15.8. The number of esters is 1. The Hall–Kier alpha value is -2.99. The number of amides is 1. The molecule has 3 aromatic rings. The largest absolute Gasteiger partial charge is 0.452 e. The van der Waals surface area contributed by atoms with Crippen molar-refractivity contribution in [3.8, 4) is 0 Å². The van der Waals surface area contributed by atoms with Crippen LogP contribution in [0.4, 0.5) is 15.8 Å². The lowest BCUT2D eigenvalue weighted by atomic mass is 10.2. The Morgan fingerprint density at radius 1 is 0.935 bits per heavy atom. The molecule has 0 bridgehead atoms. The molecule has 0 aliphatic rings. The maximum absolute atomic E-state index is 13.0. The monoisotopic (exact) mass is 554 g/mol. The topological polar surface area (TPSA) is 102 Å². The summed E-state index contributed by atoms with van der Waals surface area (Å²) in [6, 6.07) is 17.0. The molecule has 1 amide bonds. The molecule has 7 nitrogen and oxygen atoms in total. The minimum Gasteiger partial charge on any atom is -0.452 e. The predicted molar refractivity (Wildman–Crippen MR) is 122 cm³/mol. The summed E-state index contributed by atoms with van der Waals surface area (Å²) >= 11 is 2.13. The molecule has 0 saturated carbocycles. The molecule has 31 heavy (non-hydrogen) atoms. The highest BCUT2D eigenvalue weighted by molar-refractivity contribution is 14.1. The Morgan fingerprint density at radius 2 is 1.58 bits per heavy atom. The number of halogens is 2. The van der Waals surface area contributed by atoms with Crippen LogP contribution in [-0.2, 0) is 19.6 Å². The average Bonchev–Trinajstić information content (AvgIpc) is 2.75. The van der Waals surface area contributed by atoms with Crippen molar-refractivity contribution in [1.82, 2.24) is 0 Å². The van der Waals surface area contributed by atoms with Crippen LogP contribution in [0.3, 0.4) is 0 Å². The van der Waals surface area contributed by atoms with E-state index in [1.807, 2.05) is 12.1 Å². The second-order valence-corrected chi connectivity index (χ2v) is 9.20. The quantitative estimate of drug-likeness (QED) is 0.340. The van der Waals surface area contributed by atoms with Crippen molar-refractivity contribution < 1.29 is 27.1 Å². The van der Waals surface area contributed by atoms with Crippen molar-refractivity contribution in [1.29, 1.82) is 0 Å². The number of carbonyl (C=O) groups excluding carboxylic acids is 2. The van der Waals surface area contributed by atoms with E-state index in [0.717, 1.165) is 21.8 Å². The summed E-state index contributed by atoms with van der Waals surface area (Å²) in [4.78, 5) is 24.0. The Labute approximate surface area is 191 Å². The van der Waals surface area contributed by atoms with Crippen molar-refractivity contribution in [2.75, 3.05) is 16.6 Å². The number of hydrogen-bond donors (Lipinski definition) is 2. The molecule has 0 radical (unpaired) electrons. The minimum absolute atomic E-state index is 0.0379. The summed E-state index contributed by atoms with van der Waals surface area (Å²) in [7, 11) is -4.02. The molecular weight excluding hydrogens is 538 g/mol. The van der Waals surface area contributed by atoms with Crippen LogP contribution in [0.15, 0.2) is 77.7 Å². The summed E-state index contributed by atoms with van der Waals surface area (Å²) in [6.07, 6.45) is 0. The summed E-state index contributed by atoms with van der Waals surface area (Å²) in [5, 5.41) is 2.59. The lowest BCUT2D eigenvalue weighted by Gasteiger charge is -2.10. The molecule has 0 aromatic heterocycles. The second-order valence-electron chi connectivity index (χ2n) is 6.27. The Bertz CT molecular complexity index is 1200. The first-order valence-corrected chi connectivity index (χ1v) is 11.4. The minimum atomic E-state index is -4.02. The van der Waals surface area contributed by atoms with Gasteiger partial charge in [-0.3, -0.25) is 9.52 Å². The molecule has 0 aliphatic heterocycles. The van der Waals surface area contributed by atoms with Crippen LogP contribution in [0, 0.1) is 9.39 Å². The van der Waals surface area contributed by atoms with Crippen molar-refractivity contribution in [3.63, 3.8) is 0 Å². The standard InChI is InChI=1S/C21H16FIN2O5S/c22-15-4-8-18(9-5-15)25-31(28,29)19-3-1-2-14(12-19)21(27)30-13-20(26)24-17-10-6-16(23)7-11-17/h1-12,25H,13H2,(H,24,26). The number of hydrogen-bond acceptors (Lipinski definition) is 5. The molecule has 3 rings (SSSR count). The van der Waals surface area contributed by atoms with Crippen molar-refractivity contribution in [2.45, 2.75) is 4.90 Å². The SMILES string of the molecule is O=C(COC(=O)c1cccc(S(=O)(=O)Nc2ccc(F)cc2)c1)Nc1ccc(I)cc1. The molecule has 0 atom stereocenters. The number of sulfonamides is 1. The normalized spacial score (nSPS) is 10.9. The lowest BCUT2D eigenvalue weighted by Crippen LogP contribution is -2.21. The fourth-order valence-corrected chi connectivity index (χ4v) is 3.93. The number of rotatable bonds is 7. The van der Waals surface area contributed by atoms with Gasteiger partial charge in [-0.15, -0.1) is 0 Å². The van der Waals surface area contributed by atoms with E-state index in [4.69, 9.17) is 4.74 Å². The molecule has 0 heterocycles. The van der Waals surface area contributed by atoms with E-state index in [1.54, 1.807) is 12.1 Å². The van der Waals surface area contributed by atoms with Crippen LogP contribution < -0.4 is 10.0 Å². The first-order chi connectivity index (χ1) is 14.7. The Kier molecular flexibility index (Phi) is 7.23. The van der Waals surface area contributed by atoms with Gasteiger partial charge < -0.3 is 10.1 Å². The van der Waals surface area contributed by atoms with Crippen LogP contribution in [-0.4, -0.2) is 26.9 Å². The molecule has 10 heteroatoms. The second kappa shape index (κ2) is 9.88. The van der Waals surface area contributed by atoms with Gasteiger partial charge in [-0.1, -0.05) is 6.07 Å². The van der Waals surface area contributed by atoms with Gasteiger partial charge in [0, 0.05) is 14.9 Å². The summed E-state index contributed by atoms with van der Waals surface area (Å²) in [6.45, 7) is -0.532. The molecule has 0 saturated heterocycles. The fourth-order valence-electron chi connectivity index (χ4n) is 2.47. The third kappa shape index (κ3) is 6.49. The summed E-state index contributed by atoms with van der Waals surface area (Å²) < 4.78 is 46.3. The number of ether oxygens (including phenoxy) is 1. The van der Waals surface area contributed by atoms with Crippen LogP contribution in [0.1, 0.15) is 10.4 Å².